The zero-order chi connectivity index (χ0) is 16.9. The first-order chi connectivity index (χ1) is 11.2. The number of nitrogens with zero attached hydrogens (tertiary/aromatic N) is 1. The summed E-state index contributed by atoms with van der Waals surface area (Å²) in [5.74, 6) is 0.952. The molecule has 3 nitrogen and oxygen atoms in total. The molecular formula is C19H35BrCl2N2O. The highest BCUT2D eigenvalue weighted by Gasteiger charge is 2.05. The molecule has 1 aromatic rings. The Morgan fingerprint density at radius 2 is 1.60 bits per heavy atom. The van der Waals surface area contributed by atoms with Gasteiger partial charge in [0.2, 0.25) is 0 Å². The van der Waals surface area contributed by atoms with Crippen molar-refractivity contribution < 1.29 is 4.74 Å². The maximum Gasteiger partial charge on any atom is 0.123 e. The van der Waals surface area contributed by atoms with Gasteiger partial charge in [-0.05, 0) is 63.6 Å². The molecule has 0 aliphatic heterocycles. The number of ether oxygens (including phenoxy) is 1. The van der Waals surface area contributed by atoms with E-state index >= 15 is 0 Å². The summed E-state index contributed by atoms with van der Waals surface area (Å²) in [6, 6.07) is 6.15. The largest absolute Gasteiger partial charge is 0.496 e. The summed E-state index contributed by atoms with van der Waals surface area (Å²) >= 11 is 3.53. The molecule has 1 aromatic carbocycles. The Balaban J connectivity index is 0. The van der Waals surface area contributed by atoms with Crippen molar-refractivity contribution in [1.29, 1.82) is 0 Å². The summed E-state index contributed by atoms with van der Waals surface area (Å²) in [6.07, 6.45) is 6.38. The van der Waals surface area contributed by atoms with Crippen molar-refractivity contribution in [3.63, 3.8) is 0 Å². The van der Waals surface area contributed by atoms with Crippen LogP contribution in [-0.4, -0.2) is 38.2 Å². The molecule has 0 saturated carbocycles. The van der Waals surface area contributed by atoms with E-state index in [0.29, 0.717) is 0 Å². The fourth-order valence-corrected chi connectivity index (χ4v) is 3.04. The SMILES string of the molecule is CCCCN(CCCC)CCCNCc1cc(Br)ccc1OC.Cl.Cl. The van der Waals surface area contributed by atoms with Gasteiger partial charge in [0, 0.05) is 16.6 Å². The molecular weight excluding hydrogens is 423 g/mol. The van der Waals surface area contributed by atoms with Crippen molar-refractivity contribution in [2.24, 2.45) is 0 Å². The molecule has 0 aliphatic carbocycles. The van der Waals surface area contributed by atoms with E-state index < -0.39 is 0 Å². The van der Waals surface area contributed by atoms with Crippen LogP contribution < -0.4 is 10.1 Å². The van der Waals surface area contributed by atoms with Crippen molar-refractivity contribution in [2.75, 3.05) is 33.3 Å². The van der Waals surface area contributed by atoms with Crippen LogP contribution in [0.5, 0.6) is 5.75 Å². The average molecular weight is 458 g/mol. The van der Waals surface area contributed by atoms with Crippen LogP contribution in [0.4, 0.5) is 0 Å². The summed E-state index contributed by atoms with van der Waals surface area (Å²) in [5.41, 5.74) is 1.20. The van der Waals surface area contributed by atoms with Crippen molar-refractivity contribution in [3.8, 4) is 5.75 Å². The minimum Gasteiger partial charge on any atom is -0.496 e. The van der Waals surface area contributed by atoms with Crippen molar-refractivity contribution in [3.05, 3.63) is 28.2 Å². The predicted molar refractivity (Wildman–Crippen MR) is 118 cm³/mol. The second-order valence-electron chi connectivity index (χ2n) is 6.04. The molecule has 0 radical (unpaired) electrons. The summed E-state index contributed by atoms with van der Waals surface area (Å²) in [6.45, 7) is 10.1. The lowest BCUT2D eigenvalue weighted by Crippen LogP contribution is -2.29. The van der Waals surface area contributed by atoms with Gasteiger partial charge in [-0.15, -0.1) is 24.8 Å². The van der Waals surface area contributed by atoms with Crippen molar-refractivity contribution >= 4 is 40.7 Å². The van der Waals surface area contributed by atoms with Gasteiger partial charge in [-0.3, -0.25) is 0 Å². The van der Waals surface area contributed by atoms with E-state index in [1.807, 2.05) is 12.1 Å². The fraction of sp³-hybridized carbons (Fsp3) is 0.684. The first kappa shape index (κ1) is 27.2. The Kier molecular flexibility index (Phi) is 19.0. The maximum absolute atomic E-state index is 5.42. The lowest BCUT2D eigenvalue weighted by atomic mass is 10.2. The van der Waals surface area contributed by atoms with E-state index in [4.69, 9.17) is 4.74 Å². The van der Waals surface area contributed by atoms with Gasteiger partial charge in [0.1, 0.15) is 5.75 Å². The number of hydrogen-bond acceptors (Lipinski definition) is 3. The zero-order valence-electron chi connectivity index (χ0n) is 15.9. The number of benzene rings is 1. The van der Waals surface area contributed by atoms with E-state index in [0.717, 1.165) is 23.3 Å². The van der Waals surface area contributed by atoms with Crippen molar-refractivity contribution in [1.82, 2.24) is 10.2 Å². The fourth-order valence-electron chi connectivity index (χ4n) is 2.63. The smallest absolute Gasteiger partial charge is 0.123 e. The maximum atomic E-state index is 5.42. The number of hydrogen-bond donors (Lipinski definition) is 1. The van der Waals surface area contributed by atoms with Gasteiger partial charge in [0.25, 0.3) is 0 Å². The second kappa shape index (κ2) is 17.4. The predicted octanol–water partition coefficient (Wildman–Crippen LogP) is 5.68. The third-order valence-corrected chi connectivity index (χ3v) is 4.53. The third-order valence-electron chi connectivity index (χ3n) is 4.04. The van der Waals surface area contributed by atoms with Gasteiger partial charge < -0.3 is 15.0 Å². The van der Waals surface area contributed by atoms with Crippen LogP contribution in [0.3, 0.4) is 0 Å². The second-order valence-corrected chi connectivity index (χ2v) is 6.95. The summed E-state index contributed by atoms with van der Waals surface area (Å²) in [5, 5.41) is 3.54. The van der Waals surface area contributed by atoms with E-state index in [1.165, 1.54) is 57.3 Å². The molecule has 0 unspecified atom stereocenters. The van der Waals surface area contributed by atoms with E-state index in [1.54, 1.807) is 7.11 Å². The first-order valence-electron chi connectivity index (χ1n) is 8.96. The van der Waals surface area contributed by atoms with Gasteiger partial charge in [-0.1, -0.05) is 42.6 Å². The van der Waals surface area contributed by atoms with Crippen molar-refractivity contribution in [2.45, 2.75) is 52.5 Å². The Morgan fingerprint density at radius 3 is 2.16 bits per heavy atom. The molecule has 0 fully saturated rings. The third kappa shape index (κ3) is 12.1. The zero-order valence-corrected chi connectivity index (χ0v) is 19.1. The number of halogens is 3. The molecule has 1 N–H and O–H groups in total. The topological polar surface area (TPSA) is 24.5 Å². The van der Waals surface area contributed by atoms with Crippen LogP contribution in [0.25, 0.3) is 0 Å². The Labute approximate surface area is 175 Å². The number of rotatable bonds is 13. The molecule has 0 saturated heterocycles. The van der Waals surface area contributed by atoms with Gasteiger partial charge >= 0.3 is 0 Å². The van der Waals surface area contributed by atoms with Crippen LogP contribution in [0.15, 0.2) is 22.7 Å². The van der Waals surface area contributed by atoms with Gasteiger partial charge in [-0.25, -0.2) is 0 Å². The van der Waals surface area contributed by atoms with Crippen LogP contribution in [-0.2, 0) is 6.54 Å². The molecule has 25 heavy (non-hydrogen) atoms. The monoisotopic (exact) mass is 456 g/mol. The lowest BCUT2D eigenvalue weighted by molar-refractivity contribution is 0.261. The Bertz CT molecular complexity index is 428. The minimum absolute atomic E-state index is 0. The normalized spacial score (nSPS) is 10.3. The first-order valence-corrected chi connectivity index (χ1v) is 9.76. The summed E-state index contributed by atoms with van der Waals surface area (Å²) < 4.78 is 6.51. The van der Waals surface area contributed by atoms with Gasteiger partial charge in [-0.2, -0.15) is 0 Å². The van der Waals surface area contributed by atoms with Crippen LogP contribution in [0.1, 0.15) is 51.5 Å². The van der Waals surface area contributed by atoms with Crippen LogP contribution >= 0.6 is 40.7 Å². The lowest BCUT2D eigenvalue weighted by Gasteiger charge is -2.22. The Morgan fingerprint density at radius 1 is 1.00 bits per heavy atom. The summed E-state index contributed by atoms with van der Waals surface area (Å²) in [4.78, 5) is 2.62. The number of unbranched alkanes of at least 4 members (excludes halogenated alkanes) is 2. The highest BCUT2D eigenvalue weighted by molar-refractivity contribution is 9.10. The highest BCUT2D eigenvalue weighted by atomic mass is 79.9. The van der Waals surface area contributed by atoms with Gasteiger partial charge in [0.15, 0.2) is 0 Å². The molecule has 0 aromatic heterocycles. The van der Waals surface area contributed by atoms with Crippen LogP contribution in [0, 0.1) is 0 Å². The number of nitrogens with one attached hydrogen (secondary N) is 1. The molecule has 148 valence electrons. The molecule has 0 bridgehead atoms. The molecule has 0 amide bonds. The van der Waals surface area contributed by atoms with Crippen LogP contribution in [0.2, 0.25) is 0 Å². The highest BCUT2D eigenvalue weighted by Crippen LogP contribution is 2.22. The van der Waals surface area contributed by atoms with E-state index in [2.05, 4.69) is 46.1 Å². The molecule has 0 heterocycles. The standard InChI is InChI=1S/C19H33BrN2O.2ClH/c1-4-6-12-22(13-7-5-2)14-8-11-21-16-17-15-18(20)9-10-19(17)23-3;;/h9-10,15,21H,4-8,11-14,16H2,1-3H3;2*1H. The van der Waals surface area contributed by atoms with E-state index in [9.17, 15) is 0 Å². The number of methoxy groups -OCH3 is 1. The molecule has 6 heteroatoms. The van der Waals surface area contributed by atoms with Gasteiger partial charge in [0.05, 0.1) is 7.11 Å². The van der Waals surface area contributed by atoms with E-state index in [-0.39, 0.29) is 24.8 Å². The molecule has 0 spiro atoms. The minimum atomic E-state index is 0. The molecule has 0 atom stereocenters. The quantitative estimate of drug-likeness (QED) is 0.385. The summed E-state index contributed by atoms with van der Waals surface area (Å²) in [7, 11) is 1.73. The molecule has 0 aliphatic rings. The molecule has 1 rings (SSSR count). The average Bonchev–Trinajstić information content (AvgIpc) is 2.56. The Hall–Kier alpha value is -0.000000000000000111.